The molecular formula is C14H14FNO2. The van der Waals surface area contributed by atoms with Crippen molar-refractivity contribution in [2.75, 3.05) is 0 Å². The molecule has 4 heteroatoms. The maximum atomic E-state index is 13.6. The normalized spacial score (nSPS) is 10.4. The molecule has 3 nitrogen and oxygen atoms in total. The van der Waals surface area contributed by atoms with E-state index in [1.54, 1.807) is 18.5 Å². The topological polar surface area (TPSA) is 42.4 Å². The molecule has 0 fully saturated rings. The summed E-state index contributed by atoms with van der Waals surface area (Å²) in [5, 5.41) is 8.88. The minimum absolute atomic E-state index is 0.175. The van der Waals surface area contributed by atoms with Crippen molar-refractivity contribution < 1.29 is 14.2 Å². The van der Waals surface area contributed by atoms with E-state index >= 15 is 0 Å². The van der Waals surface area contributed by atoms with Gasteiger partial charge in [0.1, 0.15) is 6.61 Å². The lowest BCUT2D eigenvalue weighted by Crippen LogP contribution is -1.99. The average molecular weight is 247 g/mol. The molecule has 0 aliphatic rings. The highest BCUT2D eigenvalue weighted by atomic mass is 19.1. The molecule has 2 rings (SSSR count). The van der Waals surface area contributed by atoms with Gasteiger partial charge in [0.15, 0.2) is 11.6 Å². The molecule has 2 aromatic rings. The molecule has 0 radical (unpaired) electrons. The van der Waals surface area contributed by atoms with E-state index < -0.39 is 5.82 Å². The molecule has 94 valence electrons. The fourth-order valence-corrected chi connectivity index (χ4v) is 1.62. The van der Waals surface area contributed by atoms with Crippen LogP contribution in [0.5, 0.6) is 5.75 Å². The van der Waals surface area contributed by atoms with Crippen LogP contribution in [0.3, 0.4) is 0 Å². The highest BCUT2D eigenvalue weighted by molar-refractivity contribution is 5.29. The van der Waals surface area contributed by atoms with Crippen LogP contribution >= 0.6 is 0 Å². The lowest BCUT2D eigenvalue weighted by Gasteiger charge is -2.08. The van der Waals surface area contributed by atoms with E-state index in [0.717, 1.165) is 11.1 Å². The van der Waals surface area contributed by atoms with Gasteiger partial charge in [0.2, 0.25) is 0 Å². The van der Waals surface area contributed by atoms with Gasteiger partial charge in [0, 0.05) is 18.0 Å². The highest BCUT2D eigenvalue weighted by Crippen LogP contribution is 2.19. The zero-order valence-electron chi connectivity index (χ0n) is 10.1. The number of halogens is 1. The summed E-state index contributed by atoms with van der Waals surface area (Å²) in [6.07, 6.45) is 3.44. The smallest absolute Gasteiger partial charge is 0.165 e. The molecule has 0 atom stereocenters. The van der Waals surface area contributed by atoms with E-state index in [-0.39, 0.29) is 19.0 Å². The number of aliphatic hydroxyl groups excluding tert-OH is 1. The Morgan fingerprint density at radius 3 is 2.72 bits per heavy atom. The van der Waals surface area contributed by atoms with E-state index in [9.17, 15) is 4.39 Å². The van der Waals surface area contributed by atoms with E-state index in [4.69, 9.17) is 9.84 Å². The van der Waals surface area contributed by atoms with Crippen molar-refractivity contribution in [3.63, 3.8) is 0 Å². The lowest BCUT2D eigenvalue weighted by atomic mass is 10.2. The first kappa shape index (κ1) is 12.5. The van der Waals surface area contributed by atoms with Crippen molar-refractivity contribution in [3.05, 3.63) is 59.2 Å². The molecule has 18 heavy (non-hydrogen) atoms. The third-order valence-corrected chi connectivity index (χ3v) is 2.50. The standard InChI is InChI=1S/C14H14FNO2/c1-10-4-12(7-16-6-10)9-18-14-3-2-11(8-17)5-13(14)15/h2-7,17H,8-9H2,1H3. The molecule has 1 heterocycles. The van der Waals surface area contributed by atoms with E-state index in [1.807, 2.05) is 13.0 Å². The summed E-state index contributed by atoms with van der Waals surface area (Å²) < 4.78 is 18.9. The molecule has 0 unspecified atom stereocenters. The van der Waals surface area contributed by atoms with Crippen molar-refractivity contribution in [3.8, 4) is 5.75 Å². The Bertz CT molecular complexity index is 543. The molecule has 0 saturated carbocycles. The van der Waals surface area contributed by atoms with Gasteiger partial charge in [0.05, 0.1) is 6.61 Å². The second-order valence-corrected chi connectivity index (χ2v) is 4.08. The summed E-state index contributed by atoms with van der Waals surface area (Å²) in [5.41, 5.74) is 2.45. The third kappa shape index (κ3) is 3.05. The quantitative estimate of drug-likeness (QED) is 0.903. The lowest BCUT2D eigenvalue weighted by molar-refractivity contribution is 0.276. The summed E-state index contributed by atoms with van der Waals surface area (Å²) in [6.45, 7) is 2.02. The van der Waals surface area contributed by atoms with E-state index in [1.165, 1.54) is 12.1 Å². The number of aliphatic hydroxyl groups is 1. The number of hydrogen-bond donors (Lipinski definition) is 1. The minimum atomic E-state index is -0.470. The molecule has 0 aliphatic heterocycles. The number of benzene rings is 1. The monoisotopic (exact) mass is 247 g/mol. The number of pyridine rings is 1. The van der Waals surface area contributed by atoms with Crippen LogP contribution in [0.2, 0.25) is 0 Å². The van der Waals surface area contributed by atoms with Crippen LogP contribution in [0.4, 0.5) is 4.39 Å². The van der Waals surface area contributed by atoms with Crippen LogP contribution in [0.15, 0.2) is 36.7 Å². The highest BCUT2D eigenvalue weighted by Gasteiger charge is 2.05. The van der Waals surface area contributed by atoms with Gasteiger partial charge in [0.25, 0.3) is 0 Å². The predicted octanol–water partition coefficient (Wildman–Crippen LogP) is 2.60. The summed E-state index contributed by atoms with van der Waals surface area (Å²) in [7, 11) is 0. The fraction of sp³-hybridized carbons (Fsp3) is 0.214. The number of rotatable bonds is 4. The molecule has 0 spiro atoms. The number of nitrogens with zero attached hydrogens (tertiary/aromatic N) is 1. The predicted molar refractivity (Wildman–Crippen MR) is 65.6 cm³/mol. The van der Waals surface area contributed by atoms with Crippen LogP contribution in [0.25, 0.3) is 0 Å². The third-order valence-electron chi connectivity index (χ3n) is 2.50. The van der Waals surface area contributed by atoms with Gasteiger partial charge in [-0.05, 0) is 36.2 Å². The maximum Gasteiger partial charge on any atom is 0.165 e. The molecule has 0 aliphatic carbocycles. The summed E-state index contributed by atoms with van der Waals surface area (Å²) >= 11 is 0. The number of ether oxygens (including phenoxy) is 1. The Morgan fingerprint density at radius 1 is 1.22 bits per heavy atom. The summed E-state index contributed by atoms with van der Waals surface area (Å²) in [4.78, 5) is 4.04. The van der Waals surface area contributed by atoms with Crippen molar-refractivity contribution in [1.29, 1.82) is 0 Å². The first-order chi connectivity index (χ1) is 8.69. The van der Waals surface area contributed by atoms with Gasteiger partial charge < -0.3 is 9.84 Å². The van der Waals surface area contributed by atoms with Gasteiger partial charge in [-0.15, -0.1) is 0 Å². The molecule has 0 bridgehead atoms. The van der Waals surface area contributed by atoms with Crippen molar-refractivity contribution in [1.82, 2.24) is 4.98 Å². The van der Waals surface area contributed by atoms with Crippen LogP contribution in [0, 0.1) is 12.7 Å². The minimum Gasteiger partial charge on any atom is -0.486 e. The first-order valence-corrected chi connectivity index (χ1v) is 5.61. The fourth-order valence-electron chi connectivity index (χ4n) is 1.62. The Balaban J connectivity index is 2.06. The number of aryl methyl sites for hydroxylation is 1. The van der Waals surface area contributed by atoms with Crippen LogP contribution in [-0.2, 0) is 13.2 Å². The van der Waals surface area contributed by atoms with Gasteiger partial charge in [-0.25, -0.2) is 4.39 Å². The van der Waals surface area contributed by atoms with Crippen molar-refractivity contribution >= 4 is 0 Å². The molecule has 1 aromatic carbocycles. The largest absolute Gasteiger partial charge is 0.486 e. The Morgan fingerprint density at radius 2 is 2.06 bits per heavy atom. The van der Waals surface area contributed by atoms with Gasteiger partial charge in [-0.1, -0.05) is 6.07 Å². The SMILES string of the molecule is Cc1cncc(COc2ccc(CO)cc2F)c1. The van der Waals surface area contributed by atoms with Crippen LogP contribution < -0.4 is 4.74 Å². The maximum absolute atomic E-state index is 13.6. The second kappa shape index (κ2) is 5.60. The van der Waals surface area contributed by atoms with Gasteiger partial charge in [-0.2, -0.15) is 0 Å². The average Bonchev–Trinajstić information content (AvgIpc) is 2.37. The Kier molecular flexibility index (Phi) is 3.89. The van der Waals surface area contributed by atoms with Crippen molar-refractivity contribution in [2.24, 2.45) is 0 Å². The Hall–Kier alpha value is -1.94. The van der Waals surface area contributed by atoms with Crippen LogP contribution in [0.1, 0.15) is 16.7 Å². The molecule has 0 amide bonds. The second-order valence-electron chi connectivity index (χ2n) is 4.08. The van der Waals surface area contributed by atoms with Crippen LogP contribution in [-0.4, -0.2) is 10.1 Å². The van der Waals surface area contributed by atoms with Gasteiger partial charge >= 0.3 is 0 Å². The summed E-state index contributed by atoms with van der Waals surface area (Å²) in [5.74, 6) is -0.295. The first-order valence-electron chi connectivity index (χ1n) is 5.61. The van der Waals surface area contributed by atoms with E-state index in [0.29, 0.717) is 5.56 Å². The van der Waals surface area contributed by atoms with E-state index in [2.05, 4.69) is 4.98 Å². The number of hydrogen-bond acceptors (Lipinski definition) is 3. The molecular weight excluding hydrogens is 233 g/mol. The molecule has 1 aromatic heterocycles. The molecule has 1 N–H and O–H groups in total. The molecule has 0 saturated heterocycles. The summed E-state index contributed by atoms with van der Waals surface area (Å²) in [6, 6.07) is 6.36. The van der Waals surface area contributed by atoms with Gasteiger partial charge in [-0.3, -0.25) is 4.98 Å². The number of aromatic nitrogens is 1. The Labute approximate surface area is 105 Å². The zero-order chi connectivity index (χ0) is 13.0. The zero-order valence-corrected chi connectivity index (χ0v) is 10.1. The van der Waals surface area contributed by atoms with Crippen molar-refractivity contribution in [2.45, 2.75) is 20.1 Å².